The Kier molecular flexibility index (Phi) is 5.26. The van der Waals surface area contributed by atoms with Crippen LogP contribution in [-0.4, -0.2) is 22.9 Å². The van der Waals surface area contributed by atoms with Gasteiger partial charge >= 0.3 is 12.0 Å². The van der Waals surface area contributed by atoms with Gasteiger partial charge < -0.3 is 10.4 Å². The van der Waals surface area contributed by atoms with Gasteiger partial charge in [-0.3, -0.25) is 14.9 Å². The fourth-order valence-electron chi connectivity index (χ4n) is 1.73. The third-order valence-electron chi connectivity index (χ3n) is 2.79. The summed E-state index contributed by atoms with van der Waals surface area (Å²) in [6, 6.07) is 9.57. The zero-order valence-corrected chi connectivity index (χ0v) is 12.4. The van der Waals surface area contributed by atoms with Crippen molar-refractivity contribution >= 4 is 39.8 Å². The summed E-state index contributed by atoms with van der Waals surface area (Å²) in [6.45, 7) is 0. The quantitative estimate of drug-likeness (QED) is 0.711. The molecule has 0 aliphatic rings. The van der Waals surface area contributed by atoms with E-state index in [1.165, 1.54) is 11.3 Å². The Morgan fingerprint density at radius 2 is 1.73 bits per heavy atom. The lowest BCUT2D eigenvalue weighted by atomic mass is 10.1. The molecule has 0 saturated heterocycles. The van der Waals surface area contributed by atoms with Crippen molar-refractivity contribution in [2.75, 3.05) is 10.6 Å². The number of carbonyl (C=O) groups excluding carboxylic acids is 2. The number of carboxylic acids is 1. The molecule has 0 atom stereocenters. The van der Waals surface area contributed by atoms with E-state index in [1.807, 2.05) is 11.4 Å². The van der Waals surface area contributed by atoms with Crippen LogP contribution in [0.2, 0.25) is 0 Å². The van der Waals surface area contributed by atoms with Crippen LogP contribution in [0.3, 0.4) is 0 Å². The maximum absolute atomic E-state index is 11.7. The molecule has 2 amide bonds. The minimum Gasteiger partial charge on any atom is -0.481 e. The van der Waals surface area contributed by atoms with Crippen LogP contribution in [0.4, 0.5) is 15.5 Å². The molecule has 0 bridgehead atoms. The van der Waals surface area contributed by atoms with Gasteiger partial charge in [-0.2, -0.15) is 0 Å². The van der Waals surface area contributed by atoms with Crippen LogP contribution in [0.15, 0.2) is 41.8 Å². The first-order valence-corrected chi connectivity index (χ1v) is 7.39. The Morgan fingerprint density at radius 3 is 2.32 bits per heavy atom. The van der Waals surface area contributed by atoms with E-state index in [1.54, 1.807) is 30.3 Å². The molecule has 2 aromatic rings. The summed E-state index contributed by atoms with van der Waals surface area (Å²) in [7, 11) is 0. The van der Waals surface area contributed by atoms with Crippen LogP contribution in [0.25, 0.3) is 0 Å². The van der Waals surface area contributed by atoms with E-state index in [4.69, 9.17) is 5.11 Å². The van der Waals surface area contributed by atoms with Crippen LogP contribution in [-0.2, 0) is 4.79 Å². The number of thiophene rings is 1. The van der Waals surface area contributed by atoms with Crippen molar-refractivity contribution in [1.82, 2.24) is 0 Å². The predicted molar refractivity (Wildman–Crippen MR) is 84.6 cm³/mol. The molecule has 1 heterocycles. The molecule has 0 fully saturated rings. The minimum absolute atomic E-state index is 0.0407. The number of carboxylic acid groups (broad SMARTS) is 1. The monoisotopic (exact) mass is 318 g/mol. The van der Waals surface area contributed by atoms with Crippen molar-refractivity contribution in [3.8, 4) is 0 Å². The van der Waals surface area contributed by atoms with Crippen molar-refractivity contribution in [3.05, 3.63) is 47.3 Å². The van der Waals surface area contributed by atoms with Crippen LogP contribution in [0.5, 0.6) is 0 Å². The van der Waals surface area contributed by atoms with Gasteiger partial charge in [0.15, 0.2) is 5.78 Å². The summed E-state index contributed by atoms with van der Waals surface area (Å²) in [4.78, 5) is 33.9. The van der Waals surface area contributed by atoms with Gasteiger partial charge in [0.1, 0.15) is 0 Å². The van der Waals surface area contributed by atoms with Crippen LogP contribution >= 0.6 is 11.3 Å². The molecular formula is C15H14N2O4S. The average molecular weight is 318 g/mol. The lowest BCUT2D eigenvalue weighted by Gasteiger charge is -2.06. The van der Waals surface area contributed by atoms with Gasteiger partial charge in [0.25, 0.3) is 0 Å². The highest BCUT2D eigenvalue weighted by molar-refractivity contribution is 7.14. The topological polar surface area (TPSA) is 95.5 Å². The molecular weight excluding hydrogens is 304 g/mol. The fraction of sp³-hybridized carbons (Fsp3) is 0.133. The summed E-state index contributed by atoms with van der Waals surface area (Å²) >= 11 is 1.41. The van der Waals surface area contributed by atoms with Gasteiger partial charge in [-0.1, -0.05) is 0 Å². The standard InChI is InChI=1S/C15H14N2O4S/c18-12(7-8-14(19)20)10-3-5-11(6-4-10)16-15(21)17-13-2-1-9-22-13/h1-6,9H,7-8H2,(H,19,20)(H2,16,17,21). The number of carbonyl (C=O) groups is 3. The van der Waals surface area contributed by atoms with Gasteiger partial charge in [-0.05, 0) is 41.8 Å². The fourth-order valence-corrected chi connectivity index (χ4v) is 2.34. The highest BCUT2D eigenvalue weighted by Crippen LogP contribution is 2.16. The van der Waals surface area contributed by atoms with Crippen molar-refractivity contribution in [2.45, 2.75) is 12.8 Å². The Bertz CT molecular complexity index is 665. The van der Waals surface area contributed by atoms with Crippen molar-refractivity contribution in [1.29, 1.82) is 0 Å². The van der Waals surface area contributed by atoms with Gasteiger partial charge in [0.05, 0.1) is 11.4 Å². The van der Waals surface area contributed by atoms with Crippen molar-refractivity contribution in [2.24, 2.45) is 0 Å². The Balaban J connectivity index is 1.89. The van der Waals surface area contributed by atoms with Crippen molar-refractivity contribution < 1.29 is 19.5 Å². The Hall–Kier alpha value is -2.67. The molecule has 114 valence electrons. The Labute approximate surface area is 130 Å². The van der Waals surface area contributed by atoms with E-state index >= 15 is 0 Å². The molecule has 1 aromatic heterocycles. The van der Waals surface area contributed by atoms with Gasteiger partial charge in [-0.25, -0.2) is 4.79 Å². The molecule has 3 N–H and O–H groups in total. The zero-order chi connectivity index (χ0) is 15.9. The van der Waals surface area contributed by atoms with Crippen LogP contribution in [0, 0.1) is 0 Å². The maximum Gasteiger partial charge on any atom is 0.324 e. The summed E-state index contributed by atoms with van der Waals surface area (Å²) in [5.74, 6) is -1.24. The van der Waals surface area contributed by atoms with E-state index in [2.05, 4.69) is 10.6 Å². The third kappa shape index (κ3) is 4.71. The zero-order valence-electron chi connectivity index (χ0n) is 11.5. The van der Waals surface area contributed by atoms with E-state index < -0.39 is 5.97 Å². The third-order valence-corrected chi connectivity index (χ3v) is 3.57. The van der Waals surface area contributed by atoms with E-state index in [-0.39, 0.29) is 24.7 Å². The van der Waals surface area contributed by atoms with Gasteiger partial charge in [0, 0.05) is 17.7 Å². The first-order valence-electron chi connectivity index (χ1n) is 6.51. The second-order valence-electron chi connectivity index (χ2n) is 4.45. The highest BCUT2D eigenvalue weighted by Gasteiger charge is 2.09. The first-order chi connectivity index (χ1) is 10.5. The molecule has 6 nitrogen and oxygen atoms in total. The van der Waals surface area contributed by atoms with E-state index in [0.29, 0.717) is 11.3 Å². The SMILES string of the molecule is O=C(O)CCC(=O)c1ccc(NC(=O)Nc2cccs2)cc1. The van der Waals surface area contributed by atoms with Crippen LogP contribution in [0.1, 0.15) is 23.2 Å². The first kappa shape index (κ1) is 15.7. The second-order valence-corrected chi connectivity index (χ2v) is 5.40. The molecule has 2 rings (SSSR count). The number of amides is 2. The molecule has 22 heavy (non-hydrogen) atoms. The number of nitrogens with one attached hydrogen (secondary N) is 2. The number of urea groups is 1. The molecule has 0 radical (unpaired) electrons. The van der Waals surface area contributed by atoms with Gasteiger partial charge in [0.2, 0.25) is 0 Å². The minimum atomic E-state index is -1.00. The normalized spacial score (nSPS) is 10.0. The molecule has 1 aromatic carbocycles. The number of hydrogen-bond donors (Lipinski definition) is 3. The lowest BCUT2D eigenvalue weighted by Crippen LogP contribution is -2.18. The molecule has 0 aliphatic carbocycles. The molecule has 0 saturated carbocycles. The predicted octanol–water partition coefficient (Wildman–Crippen LogP) is 3.44. The number of anilines is 2. The largest absolute Gasteiger partial charge is 0.481 e. The smallest absolute Gasteiger partial charge is 0.324 e. The number of hydrogen-bond acceptors (Lipinski definition) is 4. The number of Topliss-reactive ketones (excluding diaryl/α,β-unsaturated/α-hetero) is 1. The van der Waals surface area contributed by atoms with E-state index in [0.717, 1.165) is 5.00 Å². The molecule has 0 unspecified atom stereocenters. The van der Waals surface area contributed by atoms with Gasteiger partial charge in [-0.15, -0.1) is 11.3 Å². The summed E-state index contributed by atoms with van der Waals surface area (Å²) in [5, 5.41) is 16.5. The molecule has 0 aliphatic heterocycles. The number of benzene rings is 1. The second kappa shape index (κ2) is 7.37. The number of rotatable bonds is 6. The Morgan fingerprint density at radius 1 is 1.00 bits per heavy atom. The lowest BCUT2D eigenvalue weighted by molar-refractivity contribution is -0.136. The molecule has 7 heteroatoms. The van der Waals surface area contributed by atoms with E-state index in [9.17, 15) is 14.4 Å². The number of ketones is 1. The summed E-state index contributed by atoms with van der Waals surface area (Å²) in [5.41, 5.74) is 0.967. The van der Waals surface area contributed by atoms with Crippen molar-refractivity contribution in [3.63, 3.8) is 0 Å². The highest BCUT2D eigenvalue weighted by atomic mass is 32.1. The number of aliphatic carboxylic acids is 1. The van der Waals surface area contributed by atoms with Crippen LogP contribution < -0.4 is 10.6 Å². The average Bonchev–Trinajstić information content (AvgIpc) is 2.98. The summed E-state index contributed by atoms with van der Waals surface area (Å²) in [6.07, 6.45) is -0.233. The molecule has 0 spiro atoms. The maximum atomic E-state index is 11.7. The summed E-state index contributed by atoms with van der Waals surface area (Å²) < 4.78 is 0.